The predicted octanol–water partition coefficient (Wildman–Crippen LogP) is 7.75. The summed E-state index contributed by atoms with van der Waals surface area (Å²) in [5.74, 6) is 0. The number of hydrogen-bond acceptors (Lipinski definition) is 1. The van der Waals surface area contributed by atoms with Gasteiger partial charge in [0, 0.05) is 0 Å². The normalized spacial score (nSPS) is 13.4. The summed E-state index contributed by atoms with van der Waals surface area (Å²) in [5.41, 5.74) is 0. The van der Waals surface area contributed by atoms with Gasteiger partial charge in [0.2, 0.25) is 0 Å². The third-order valence-electron chi connectivity index (χ3n) is 5.62. The minimum atomic E-state index is -2.31. The Hall–Kier alpha value is 0.882. The molecule has 0 spiro atoms. The van der Waals surface area contributed by atoms with Crippen LogP contribution in [0.4, 0.5) is 0 Å². The summed E-state index contributed by atoms with van der Waals surface area (Å²) in [4.78, 5) is 0. The third-order valence-corrected chi connectivity index (χ3v) is 28.7. The van der Waals surface area contributed by atoms with E-state index in [1.54, 1.807) is 11.9 Å². The van der Waals surface area contributed by atoms with Crippen molar-refractivity contribution in [3.05, 3.63) is 0 Å². The van der Waals surface area contributed by atoms with Crippen LogP contribution in [0.2, 0.25) is 11.9 Å². The van der Waals surface area contributed by atoms with Crippen molar-refractivity contribution in [2.45, 2.75) is 120 Å². The molecule has 0 aliphatic heterocycles. The molecule has 0 aliphatic rings. The van der Waals surface area contributed by atoms with E-state index >= 15 is 0 Å². The molecule has 0 aromatic heterocycles. The van der Waals surface area contributed by atoms with Crippen LogP contribution in [-0.2, 0) is 4.74 Å². The van der Waals surface area contributed by atoms with E-state index in [0.29, 0.717) is 3.66 Å². The maximum absolute atomic E-state index is 6.21. The van der Waals surface area contributed by atoms with Gasteiger partial charge in [0.05, 0.1) is 0 Å². The molecule has 1 atom stereocenters. The Bertz CT molecular complexity index is 220. The molecule has 0 amide bonds. The summed E-state index contributed by atoms with van der Waals surface area (Å²) < 4.78 is 11.7. The van der Waals surface area contributed by atoms with Crippen LogP contribution in [0.15, 0.2) is 0 Å². The first-order valence-electron chi connectivity index (χ1n) is 10.7. The molecule has 0 aromatic rings. The fourth-order valence-corrected chi connectivity index (χ4v) is 28.2. The predicted molar refractivity (Wildman–Crippen MR) is 109 cm³/mol. The van der Waals surface area contributed by atoms with Gasteiger partial charge in [0.25, 0.3) is 0 Å². The molecule has 0 aliphatic carbocycles. The number of hydrogen-bond donors (Lipinski definition) is 0. The van der Waals surface area contributed by atoms with Gasteiger partial charge in [0.15, 0.2) is 0 Å². The minimum absolute atomic E-state index is 0.703. The monoisotopic (exact) mass is 522 g/mol. The van der Waals surface area contributed by atoms with Crippen molar-refractivity contribution < 1.29 is 4.74 Å². The van der Waals surface area contributed by atoms with Crippen LogP contribution in [-0.4, -0.2) is 31.9 Å². The van der Waals surface area contributed by atoms with Crippen molar-refractivity contribution >= 4 is 21.2 Å². The molecular weight excluding hydrogens is 475 g/mol. The van der Waals surface area contributed by atoms with Crippen LogP contribution in [0.3, 0.4) is 0 Å². The summed E-state index contributed by atoms with van der Waals surface area (Å²) in [5, 5.41) is 0. The fraction of sp³-hybridized carbons (Fsp3) is 1.00. The Kier molecular flexibility index (Phi) is 17.0. The van der Waals surface area contributed by atoms with Crippen LogP contribution < -0.4 is 0 Å². The standard InChI is InChI=1S/C9H19O.3C4H9.Pb/c1-3-4-5-6-7-8-9-10-2;3*1-3-4-2;/h9H,3-8H2,1-2H3;3*1,3-4H2,2H3;. The Morgan fingerprint density at radius 3 is 1.43 bits per heavy atom. The van der Waals surface area contributed by atoms with Crippen molar-refractivity contribution in [1.82, 2.24) is 0 Å². The topological polar surface area (TPSA) is 9.23 Å². The second kappa shape index (κ2) is 16.4. The van der Waals surface area contributed by atoms with Crippen LogP contribution in [0, 0.1) is 0 Å². The van der Waals surface area contributed by atoms with Gasteiger partial charge < -0.3 is 0 Å². The Labute approximate surface area is 153 Å². The van der Waals surface area contributed by atoms with Gasteiger partial charge >= 0.3 is 153 Å². The molecular formula is C21H46OPb. The quantitative estimate of drug-likeness (QED) is 0.140. The summed E-state index contributed by atoms with van der Waals surface area (Å²) in [6.45, 7) is 9.40. The van der Waals surface area contributed by atoms with Gasteiger partial charge in [-0.1, -0.05) is 0 Å². The molecule has 0 aromatic carbocycles. The number of ether oxygens (including phenoxy) is 1. The molecule has 140 valence electrons. The SMILES string of the molecule is CCCCCCC[CH](OC)[Pb]([CH2]CCC)([CH2]CCC)[CH2]CCC. The van der Waals surface area contributed by atoms with Crippen molar-refractivity contribution in [1.29, 1.82) is 0 Å². The van der Waals surface area contributed by atoms with Gasteiger partial charge in [-0.25, -0.2) is 0 Å². The van der Waals surface area contributed by atoms with Crippen LogP contribution in [0.1, 0.15) is 105 Å². The van der Waals surface area contributed by atoms with Gasteiger partial charge in [-0.05, 0) is 0 Å². The molecule has 2 heteroatoms. The Balaban J connectivity index is 4.81. The molecule has 1 unspecified atom stereocenters. The first-order chi connectivity index (χ1) is 11.2. The molecule has 0 heterocycles. The van der Waals surface area contributed by atoms with Crippen LogP contribution in [0.5, 0.6) is 0 Å². The molecule has 0 bridgehead atoms. The second-order valence-corrected chi connectivity index (χ2v) is 26.5. The summed E-state index contributed by atoms with van der Waals surface area (Å²) in [7, 11) is 2.02. The Morgan fingerprint density at radius 2 is 1.04 bits per heavy atom. The molecule has 0 N–H and O–H groups in total. The summed E-state index contributed by atoms with van der Waals surface area (Å²) in [6.07, 6.45) is 16.9. The van der Waals surface area contributed by atoms with E-state index in [0.717, 1.165) is 0 Å². The average molecular weight is 522 g/mol. The van der Waals surface area contributed by atoms with Crippen molar-refractivity contribution in [3.8, 4) is 0 Å². The second-order valence-electron chi connectivity index (χ2n) is 7.60. The Morgan fingerprint density at radius 1 is 0.609 bits per heavy atom. The number of unbranched alkanes of at least 4 members (excludes halogenated alkanes) is 7. The van der Waals surface area contributed by atoms with Gasteiger partial charge in [-0.3, -0.25) is 0 Å². The van der Waals surface area contributed by atoms with Crippen LogP contribution in [0.25, 0.3) is 0 Å². The van der Waals surface area contributed by atoms with Gasteiger partial charge in [0.1, 0.15) is 0 Å². The molecule has 23 heavy (non-hydrogen) atoms. The van der Waals surface area contributed by atoms with E-state index in [-0.39, 0.29) is 0 Å². The zero-order valence-corrected chi connectivity index (χ0v) is 21.0. The number of rotatable bonds is 17. The van der Waals surface area contributed by atoms with E-state index < -0.39 is 21.2 Å². The molecule has 1 nitrogen and oxygen atoms in total. The average Bonchev–Trinajstić information content (AvgIpc) is 2.58. The summed E-state index contributed by atoms with van der Waals surface area (Å²) >= 11 is -2.31. The van der Waals surface area contributed by atoms with E-state index in [1.807, 2.05) is 7.11 Å². The molecule has 0 fully saturated rings. The molecule has 0 rings (SSSR count). The van der Waals surface area contributed by atoms with E-state index in [1.165, 1.54) is 77.0 Å². The number of methoxy groups -OCH3 is 1. The van der Waals surface area contributed by atoms with Gasteiger partial charge in [-0.15, -0.1) is 0 Å². The zero-order chi connectivity index (χ0) is 17.4. The van der Waals surface area contributed by atoms with Crippen molar-refractivity contribution in [3.63, 3.8) is 0 Å². The zero-order valence-electron chi connectivity index (χ0n) is 17.1. The summed E-state index contributed by atoms with van der Waals surface area (Å²) in [6, 6.07) is 0. The van der Waals surface area contributed by atoms with E-state index in [4.69, 9.17) is 4.74 Å². The van der Waals surface area contributed by atoms with Crippen molar-refractivity contribution in [2.24, 2.45) is 0 Å². The molecule has 0 saturated carbocycles. The van der Waals surface area contributed by atoms with E-state index in [2.05, 4.69) is 27.7 Å². The first kappa shape index (κ1) is 23.9. The first-order valence-corrected chi connectivity index (χ1v) is 21.2. The van der Waals surface area contributed by atoms with Crippen molar-refractivity contribution in [2.75, 3.05) is 7.11 Å². The third kappa shape index (κ3) is 10.5. The fourth-order valence-electron chi connectivity index (χ4n) is 4.05. The molecule has 0 saturated heterocycles. The van der Waals surface area contributed by atoms with Gasteiger partial charge in [-0.2, -0.15) is 0 Å². The van der Waals surface area contributed by atoms with Crippen LogP contribution >= 0.6 is 0 Å². The maximum atomic E-state index is 6.21. The van der Waals surface area contributed by atoms with E-state index in [9.17, 15) is 0 Å². The molecule has 0 radical (unpaired) electrons.